The highest BCUT2D eigenvalue weighted by Gasteiger charge is 2.03. The summed E-state index contributed by atoms with van der Waals surface area (Å²) in [5.41, 5.74) is 1.16. The molecule has 0 aliphatic heterocycles. The van der Waals surface area contributed by atoms with Crippen molar-refractivity contribution >= 4 is 5.78 Å². The fourth-order valence-corrected chi connectivity index (χ4v) is 1.54. The van der Waals surface area contributed by atoms with Gasteiger partial charge in [0.05, 0.1) is 14.2 Å². The number of allylic oxidation sites excluding steroid dienone is 2. The van der Waals surface area contributed by atoms with Gasteiger partial charge in [-0.25, -0.2) is 0 Å². The van der Waals surface area contributed by atoms with E-state index < -0.39 is 0 Å². The lowest BCUT2D eigenvalue weighted by Crippen LogP contribution is -1.92. The van der Waals surface area contributed by atoms with Crippen LogP contribution in [0.2, 0.25) is 0 Å². The number of carbonyl (C=O) groups excluding carboxylic acids is 1. The molecule has 0 saturated heterocycles. The van der Waals surface area contributed by atoms with Crippen molar-refractivity contribution in [2.24, 2.45) is 0 Å². The first-order chi connectivity index (χ1) is 8.17. The van der Waals surface area contributed by atoms with Crippen molar-refractivity contribution in [3.05, 3.63) is 35.9 Å². The van der Waals surface area contributed by atoms with Gasteiger partial charge < -0.3 is 9.47 Å². The molecule has 0 aromatic heterocycles. The Morgan fingerprint density at radius 3 is 2.53 bits per heavy atom. The normalized spacial score (nSPS) is 10.5. The Morgan fingerprint density at radius 2 is 1.94 bits per heavy atom. The topological polar surface area (TPSA) is 35.5 Å². The second-order valence-electron chi connectivity index (χ2n) is 3.74. The molecule has 0 heterocycles. The van der Waals surface area contributed by atoms with Crippen LogP contribution in [-0.2, 0) is 11.2 Å². The molecule has 3 heteroatoms. The molecule has 0 fully saturated rings. The monoisotopic (exact) mass is 234 g/mol. The lowest BCUT2D eigenvalue weighted by molar-refractivity contribution is -0.112. The number of methoxy groups -OCH3 is 2. The van der Waals surface area contributed by atoms with E-state index in [1.807, 2.05) is 24.3 Å². The lowest BCUT2D eigenvalue weighted by atomic mass is 10.1. The van der Waals surface area contributed by atoms with Crippen LogP contribution in [0.15, 0.2) is 30.4 Å². The number of aryl methyl sites for hydroxylation is 1. The van der Waals surface area contributed by atoms with E-state index in [0.717, 1.165) is 29.9 Å². The maximum atomic E-state index is 10.7. The molecule has 1 rings (SSSR count). The maximum absolute atomic E-state index is 10.7. The summed E-state index contributed by atoms with van der Waals surface area (Å²) in [5, 5.41) is 0. The SMILES string of the molecule is COc1ccc(CCC=CC(C)=O)cc1OC. The van der Waals surface area contributed by atoms with Crippen LogP contribution < -0.4 is 9.47 Å². The molecule has 0 aliphatic rings. The minimum atomic E-state index is 0.0808. The third-order valence-electron chi connectivity index (χ3n) is 2.40. The van der Waals surface area contributed by atoms with Crippen LogP contribution in [0.3, 0.4) is 0 Å². The molecule has 0 bridgehead atoms. The van der Waals surface area contributed by atoms with Gasteiger partial charge >= 0.3 is 0 Å². The Balaban J connectivity index is 2.63. The number of hydrogen-bond acceptors (Lipinski definition) is 3. The van der Waals surface area contributed by atoms with Gasteiger partial charge in [0, 0.05) is 0 Å². The van der Waals surface area contributed by atoms with Gasteiger partial charge in [0.1, 0.15) is 0 Å². The van der Waals surface area contributed by atoms with Gasteiger partial charge in [-0.3, -0.25) is 4.79 Å². The van der Waals surface area contributed by atoms with Gasteiger partial charge in [0.2, 0.25) is 0 Å². The molecule has 0 aliphatic carbocycles. The third kappa shape index (κ3) is 4.31. The number of ketones is 1. The van der Waals surface area contributed by atoms with Gasteiger partial charge in [-0.15, -0.1) is 0 Å². The molecule has 0 unspecified atom stereocenters. The first kappa shape index (κ1) is 13.3. The highest BCUT2D eigenvalue weighted by Crippen LogP contribution is 2.27. The average Bonchev–Trinajstić information content (AvgIpc) is 2.34. The summed E-state index contributed by atoms with van der Waals surface area (Å²) in [4.78, 5) is 10.7. The Morgan fingerprint density at radius 1 is 1.24 bits per heavy atom. The largest absolute Gasteiger partial charge is 0.493 e. The molecule has 1 aromatic carbocycles. The number of benzene rings is 1. The van der Waals surface area contributed by atoms with Crippen LogP contribution in [0, 0.1) is 0 Å². The molecule has 0 amide bonds. The molecule has 0 radical (unpaired) electrons. The van der Waals surface area contributed by atoms with Crippen molar-refractivity contribution in [1.29, 1.82) is 0 Å². The fourth-order valence-electron chi connectivity index (χ4n) is 1.54. The van der Waals surface area contributed by atoms with E-state index in [9.17, 15) is 4.79 Å². The van der Waals surface area contributed by atoms with Crippen LogP contribution in [0.25, 0.3) is 0 Å². The second kappa shape index (κ2) is 6.74. The van der Waals surface area contributed by atoms with Gasteiger partial charge in [0.25, 0.3) is 0 Å². The second-order valence-corrected chi connectivity index (χ2v) is 3.74. The summed E-state index contributed by atoms with van der Waals surface area (Å²) >= 11 is 0. The van der Waals surface area contributed by atoms with E-state index in [-0.39, 0.29) is 5.78 Å². The van der Waals surface area contributed by atoms with Gasteiger partial charge in [-0.1, -0.05) is 12.1 Å². The van der Waals surface area contributed by atoms with E-state index in [0.29, 0.717) is 0 Å². The van der Waals surface area contributed by atoms with E-state index in [2.05, 4.69) is 0 Å². The predicted octanol–water partition coefficient (Wildman–Crippen LogP) is 2.78. The first-order valence-electron chi connectivity index (χ1n) is 5.55. The Kier molecular flexibility index (Phi) is 5.27. The van der Waals surface area contributed by atoms with Crippen LogP contribution in [0.4, 0.5) is 0 Å². The molecule has 0 atom stereocenters. The Labute approximate surface area is 102 Å². The summed E-state index contributed by atoms with van der Waals surface area (Å²) in [7, 11) is 3.24. The summed E-state index contributed by atoms with van der Waals surface area (Å²) < 4.78 is 10.4. The zero-order valence-corrected chi connectivity index (χ0v) is 10.5. The lowest BCUT2D eigenvalue weighted by Gasteiger charge is -2.08. The number of rotatable bonds is 6. The van der Waals surface area contributed by atoms with Crippen LogP contribution in [0.5, 0.6) is 11.5 Å². The van der Waals surface area contributed by atoms with E-state index >= 15 is 0 Å². The molecular formula is C14H18O3. The van der Waals surface area contributed by atoms with Crippen molar-refractivity contribution in [3.63, 3.8) is 0 Å². The molecule has 1 aromatic rings. The standard InChI is InChI=1S/C14H18O3/c1-11(15)6-4-5-7-12-8-9-13(16-2)14(10-12)17-3/h4,6,8-10H,5,7H2,1-3H3. The van der Waals surface area contributed by atoms with Crippen molar-refractivity contribution in [3.8, 4) is 11.5 Å². The van der Waals surface area contributed by atoms with Crippen molar-refractivity contribution < 1.29 is 14.3 Å². The minimum Gasteiger partial charge on any atom is -0.493 e. The quantitative estimate of drug-likeness (QED) is 0.710. The summed E-state index contributed by atoms with van der Waals surface area (Å²) in [5.74, 6) is 1.55. The first-order valence-corrected chi connectivity index (χ1v) is 5.55. The highest BCUT2D eigenvalue weighted by molar-refractivity contribution is 5.87. The molecule has 0 N–H and O–H groups in total. The third-order valence-corrected chi connectivity index (χ3v) is 2.40. The number of ether oxygens (including phenoxy) is 2. The van der Waals surface area contributed by atoms with Gasteiger partial charge in [-0.2, -0.15) is 0 Å². The summed E-state index contributed by atoms with van der Waals surface area (Å²) in [6.45, 7) is 1.55. The molecular weight excluding hydrogens is 216 g/mol. The van der Waals surface area contributed by atoms with Crippen LogP contribution >= 0.6 is 0 Å². The smallest absolute Gasteiger partial charge is 0.160 e. The molecule has 3 nitrogen and oxygen atoms in total. The van der Waals surface area contributed by atoms with Gasteiger partial charge in [0.15, 0.2) is 17.3 Å². The van der Waals surface area contributed by atoms with Crippen LogP contribution in [-0.4, -0.2) is 20.0 Å². The Bertz CT molecular complexity index is 408. The zero-order chi connectivity index (χ0) is 12.7. The van der Waals surface area contributed by atoms with Crippen LogP contribution in [0.1, 0.15) is 18.9 Å². The van der Waals surface area contributed by atoms with E-state index in [1.165, 1.54) is 0 Å². The molecule has 0 saturated carbocycles. The minimum absolute atomic E-state index is 0.0808. The summed E-state index contributed by atoms with van der Waals surface area (Å²) in [6.07, 6.45) is 5.21. The number of hydrogen-bond donors (Lipinski definition) is 0. The average molecular weight is 234 g/mol. The molecule has 17 heavy (non-hydrogen) atoms. The fraction of sp³-hybridized carbons (Fsp3) is 0.357. The highest BCUT2D eigenvalue weighted by atomic mass is 16.5. The molecule has 0 spiro atoms. The van der Waals surface area contributed by atoms with Gasteiger partial charge in [-0.05, 0) is 43.5 Å². The van der Waals surface area contributed by atoms with Crippen molar-refractivity contribution in [1.82, 2.24) is 0 Å². The predicted molar refractivity (Wildman–Crippen MR) is 67.7 cm³/mol. The zero-order valence-electron chi connectivity index (χ0n) is 10.5. The van der Waals surface area contributed by atoms with E-state index in [1.54, 1.807) is 27.2 Å². The maximum Gasteiger partial charge on any atom is 0.160 e. The summed E-state index contributed by atoms with van der Waals surface area (Å²) in [6, 6.07) is 5.85. The Hall–Kier alpha value is -1.77. The number of carbonyl (C=O) groups is 1. The van der Waals surface area contributed by atoms with Crippen molar-refractivity contribution in [2.75, 3.05) is 14.2 Å². The van der Waals surface area contributed by atoms with E-state index in [4.69, 9.17) is 9.47 Å². The van der Waals surface area contributed by atoms with Crippen molar-refractivity contribution in [2.45, 2.75) is 19.8 Å². The molecule has 92 valence electrons.